The Labute approximate surface area is 119 Å². The normalized spacial score (nSPS) is 12.8. The molecule has 1 aromatic carbocycles. The molecular weight excluding hydrogens is 255 g/mol. The van der Waals surface area contributed by atoms with Crippen LogP contribution in [0.15, 0.2) is 41.0 Å². The van der Waals surface area contributed by atoms with E-state index < -0.39 is 0 Å². The van der Waals surface area contributed by atoms with E-state index in [2.05, 4.69) is 10.2 Å². The van der Waals surface area contributed by atoms with Crippen LogP contribution in [-0.2, 0) is 6.54 Å². The second-order valence-corrected chi connectivity index (χ2v) is 5.20. The fraction of sp³-hybridized carbons (Fsp3) is 0.375. The topological polar surface area (TPSA) is 28.4 Å². The van der Waals surface area contributed by atoms with Crippen molar-refractivity contribution in [2.24, 2.45) is 0 Å². The molecule has 0 aliphatic rings. The van der Waals surface area contributed by atoms with Gasteiger partial charge in [-0.05, 0) is 56.4 Å². The van der Waals surface area contributed by atoms with Crippen LogP contribution in [0, 0.1) is 12.7 Å². The second kappa shape index (κ2) is 6.68. The number of hydrogen-bond donors (Lipinski definition) is 1. The van der Waals surface area contributed by atoms with E-state index in [9.17, 15) is 4.39 Å². The maximum atomic E-state index is 13.1. The summed E-state index contributed by atoms with van der Waals surface area (Å²) >= 11 is 0. The van der Waals surface area contributed by atoms with E-state index in [1.807, 2.05) is 39.2 Å². The van der Waals surface area contributed by atoms with Gasteiger partial charge in [-0.3, -0.25) is 4.90 Å². The van der Waals surface area contributed by atoms with Crippen molar-refractivity contribution >= 4 is 0 Å². The highest BCUT2D eigenvalue weighted by Gasteiger charge is 2.16. The number of nitrogens with one attached hydrogen (secondary N) is 1. The van der Waals surface area contributed by atoms with Crippen molar-refractivity contribution in [3.8, 4) is 0 Å². The van der Waals surface area contributed by atoms with Crippen LogP contribution in [0.3, 0.4) is 0 Å². The van der Waals surface area contributed by atoms with Gasteiger partial charge in [0.15, 0.2) is 0 Å². The van der Waals surface area contributed by atoms with E-state index in [1.165, 1.54) is 6.07 Å². The van der Waals surface area contributed by atoms with E-state index in [4.69, 9.17) is 4.42 Å². The molecule has 0 bridgehead atoms. The molecule has 4 heteroatoms. The van der Waals surface area contributed by atoms with Crippen LogP contribution in [0.25, 0.3) is 0 Å². The maximum Gasteiger partial charge on any atom is 0.123 e. The standard InChI is InChI=1S/C16H21FN2O/c1-12-9-14(17)7-6-13(12)10-18-11-15(19(2)3)16-5-4-8-20-16/h4-9,15,18H,10-11H2,1-3H3. The first kappa shape index (κ1) is 14.8. The molecule has 0 spiro atoms. The summed E-state index contributed by atoms with van der Waals surface area (Å²) in [4.78, 5) is 2.11. The molecule has 1 N–H and O–H groups in total. The largest absolute Gasteiger partial charge is 0.468 e. The highest BCUT2D eigenvalue weighted by molar-refractivity contribution is 5.26. The van der Waals surface area contributed by atoms with Gasteiger partial charge in [-0.2, -0.15) is 0 Å². The van der Waals surface area contributed by atoms with Crippen LogP contribution in [0.1, 0.15) is 22.9 Å². The molecule has 1 atom stereocenters. The SMILES string of the molecule is Cc1cc(F)ccc1CNCC(c1ccco1)N(C)C. The van der Waals surface area contributed by atoms with Crippen LogP contribution in [0.4, 0.5) is 4.39 Å². The highest BCUT2D eigenvalue weighted by Crippen LogP contribution is 2.18. The average molecular weight is 276 g/mol. The highest BCUT2D eigenvalue weighted by atomic mass is 19.1. The summed E-state index contributed by atoms with van der Waals surface area (Å²) in [5.74, 6) is 0.756. The molecule has 1 aromatic heterocycles. The second-order valence-electron chi connectivity index (χ2n) is 5.20. The van der Waals surface area contributed by atoms with Crippen molar-refractivity contribution in [2.45, 2.75) is 19.5 Å². The predicted molar refractivity (Wildman–Crippen MR) is 78.0 cm³/mol. The fourth-order valence-corrected chi connectivity index (χ4v) is 2.22. The van der Waals surface area contributed by atoms with Gasteiger partial charge in [0.2, 0.25) is 0 Å². The molecule has 0 saturated carbocycles. The first-order valence-electron chi connectivity index (χ1n) is 6.73. The van der Waals surface area contributed by atoms with Crippen LogP contribution in [0.2, 0.25) is 0 Å². The summed E-state index contributed by atoms with van der Waals surface area (Å²) in [6.07, 6.45) is 1.69. The minimum atomic E-state index is -0.187. The molecule has 0 fully saturated rings. The number of aryl methyl sites for hydroxylation is 1. The number of nitrogens with zero attached hydrogens (tertiary/aromatic N) is 1. The molecule has 108 valence electrons. The molecule has 0 saturated heterocycles. The molecule has 3 nitrogen and oxygen atoms in total. The Bertz CT molecular complexity index is 537. The van der Waals surface area contributed by atoms with Gasteiger partial charge in [0.1, 0.15) is 11.6 Å². The molecule has 0 aliphatic heterocycles. The Hall–Kier alpha value is -1.65. The lowest BCUT2D eigenvalue weighted by Gasteiger charge is -2.22. The summed E-state index contributed by atoms with van der Waals surface area (Å²) in [7, 11) is 4.05. The fourth-order valence-electron chi connectivity index (χ4n) is 2.22. The molecule has 1 heterocycles. The van der Waals surface area contributed by atoms with Crippen molar-refractivity contribution < 1.29 is 8.81 Å². The summed E-state index contributed by atoms with van der Waals surface area (Å²) in [5, 5.41) is 3.41. The molecule has 20 heavy (non-hydrogen) atoms. The van der Waals surface area contributed by atoms with Crippen molar-refractivity contribution in [2.75, 3.05) is 20.6 Å². The van der Waals surface area contributed by atoms with E-state index in [-0.39, 0.29) is 11.9 Å². The van der Waals surface area contributed by atoms with Gasteiger partial charge in [-0.15, -0.1) is 0 Å². The van der Waals surface area contributed by atoms with Crippen LogP contribution < -0.4 is 5.32 Å². The molecule has 2 rings (SSSR count). The zero-order chi connectivity index (χ0) is 14.5. The first-order valence-corrected chi connectivity index (χ1v) is 6.73. The zero-order valence-electron chi connectivity index (χ0n) is 12.2. The lowest BCUT2D eigenvalue weighted by Crippen LogP contribution is -2.30. The Morgan fingerprint density at radius 2 is 2.10 bits per heavy atom. The number of hydrogen-bond acceptors (Lipinski definition) is 3. The number of rotatable bonds is 6. The van der Waals surface area contributed by atoms with Gasteiger partial charge >= 0.3 is 0 Å². The predicted octanol–water partition coefficient (Wildman–Crippen LogP) is 3.12. The van der Waals surface area contributed by atoms with Crippen molar-refractivity contribution in [1.29, 1.82) is 0 Å². The van der Waals surface area contributed by atoms with Gasteiger partial charge < -0.3 is 9.73 Å². The Kier molecular flexibility index (Phi) is 4.93. The van der Waals surface area contributed by atoms with E-state index in [1.54, 1.807) is 12.3 Å². The summed E-state index contributed by atoms with van der Waals surface area (Å²) < 4.78 is 18.5. The summed E-state index contributed by atoms with van der Waals surface area (Å²) in [5.41, 5.74) is 2.08. The van der Waals surface area contributed by atoms with E-state index in [0.717, 1.165) is 30.0 Å². The number of halogens is 1. The van der Waals surface area contributed by atoms with Crippen LogP contribution in [-0.4, -0.2) is 25.5 Å². The monoisotopic (exact) mass is 276 g/mol. The minimum Gasteiger partial charge on any atom is -0.468 e. The molecule has 2 aromatic rings. The molecule has 0 aliphatic carbocycles. The lowest BCUT2D eigenvalue weighted by atomic mass is 10.1. The van der Waals surface area contributed by atoms with Gasteiger partial charge in [-0.25, -0.2) is 4.39 Å². The minimum absolute atomic E-state index is 0.186. The summed E-state index contributed by atoms with van der Waals surface area (Å²) in [6.45, 7) is 3.42. The summed E-state index contributed by atoms with van der Waals surface area (Å²) in [6, 6.07) is 8.96. The smallest absolute Gasteiger partial charge is 0.123 e. The van der Waals surface area contributed by atoms with Gasteiger partial charge in [-0.1, -0.05) is 6.07 Å². The molecule has 1 unspecified atom stereocenters. The molecule has 0 amide bonds. The average Bonchev–Trinajstić information content (AvgIpc) is 2.90. The molecule has 0 radical (unpaired) electrons. The number of likely N-dealkylation sites (N-methyl/N-ethyl adjacent to an activating group) is 1. The van der Waals surface area contributed by atoms with Crippen LogP contribution >= 0.6 is 0 Å². The third kappa shape index (κ3) is 3.68. The van der Waals surface area contributed by atoms with Gasteiger partial charge in [0.05, 0.1) is 12.3 Å². The quantitative estimate of drug-likeness (QED) is 0.878. The molecular formula is C16H21FN2O. The Balaban J connectivity index is 1.94. The van der Waals surface area contributed by atoms with E-state index in [0.29, 0.717) is 0 Å². The number of benzene rings is 1. The zero-order valence-corrected chi connectivity index (χ0v) is 12.2. The third-order valence-electron chi connectivity index (χ3n) is 3.45. The van der Waals surface area contributed by atoms with Gasteiger partial charge in [0.25, 0.3) is 0 Å². The lowest BCUT2D eigenvalue weighted by molar-refractivity contribution is 0.250. The van der Waals surface area contributed by atoms with Gasteiger partial charge in [0, 0.05) is 13.1 Å². The Morgan fingerprint density at radius 1 is 1.30 bits per heavy atom. The Morgan fingerprint density at radius 3 is 2.70 bits per heavy atom. The number of furan rings is 1. The van der Waals surface area contributed by atoms with Crippen molar-refractivity contribution in [3.63, 3.8) is 0 Å². The van der Waals surface area contributed by atoms with Crippen LogP contribution in [0.5, 0.6) is 0 Å². The first-order chi connectivity index (χ1) is 9.58. The third-order valence-corrected chi connectivity index (χ3v) is 3.45. The van der Waals surface area contributed by atoms with E-state index >= 15 is 0 Å². The van der Waals surface area contributed by atoms with Crippen molar-refractivity contribution in [1.82, 2.24) is 10.2 Å². The van der Waals surface area contributed by atoms with Crippen molar-refractivity contribution in [3.05, 3.63) is 59.3 Å². The maximum absolute atomic E-state index is 13.1.